The number of carbonyl (C=O) groups excluding carboxylic acids is 2. The molecule has 1 aliphatic heterocycles. The summed E-state index contributed by atoms with van der Waals surface area (Å²) in [6.45, 7) is 4.27. The van der Waals surface area contributed by atoms with E-state index in [1.165, 1.54) is 12.1 Å². The molecule has 0 saturated carbocycles. The molecule has 0 fully saturated rings. The molecule has 1 N–H and O–H groups in total. The predicted molar refractivity (Wildman–Crippen MR) is 112 cm³/mol. The summed E-state index contributed by atoms with van der Waals surface area (Å²) in [7, 11) is 1.72. The Balaban J connectivity index is 1.60. The molecule has 1 atom stereocenters. The number of rotatable bonds is 4. The topological polar surface area (TPSA) is 67.2 Å². The van der Waals surface area contributed by atoms with E-state index >= 15 is 0 Å². The number of aromatic nitrogens is 2. The van der Waals surface area contributed by atoms with Crippen LogP contribution in [-0.2, 0) is 16.1 Å². The molecular weight excluding hydrogens is 383 g/mol. The molecule has 30 heavy (non-hydrogen) atoms. The molecule has 0 bridgehead atoms. The van der Waals surface area contributed by atoms with E-state index in [9.17, 15) is 14.0 Å². The van der Waals surface area contributed by atoms with Crippen molar-refractivity contribution in [2.75, 3.05) is 12.4 Å². The summed E-state index contributed by atoms with van der Waals surface area (Å²) in [5.74, 6) is -1.55. The summed E-state index contributed by atoms with van der Waals surface area (Å²) in [4.78, 5) is 26.9. The molecule has 6 nitrogen and oxygen atoms in total. The highest BCUT2D eigenvalue weighted by Crippen LogP contribution is 2.34. The number of fused-ring (bicyclic) bond motifs is 1. The Morgan fingerprint density at radius 1 is 1.23 bits per heavy atom. The first kappa shape index (κ1) is 19.8. The Morgan fingerprint density at radius 2 is 1.97 bits per heavy atom. The van der Waals surface area contributed by atoms with Gasteiger partial charge in [0.25, 0.3) is 0 Å². The summed E-state index contributed by atoms with van der Waals surface area (Å²) < 4.78 is 15.4. The first-order valence-corrected chi connectivity index (χ1v) is 9.80. The first-order valence-electron chi connectivity index (χ1n) is 9.80. The molecule has 0 radical (unpaired) electrons. The average molecular weight is 406 g/mol. The Labute approximate surface area is 174 Å². The van der Waals surface area contributed by atoms with E-state index in [0.29, 0.717) is 17.8 Å². The quantitative estimate of drug-likeness (QED) is 0.718. The van der Waals surface area contributed by atoms with Gasteiger partial charge in [-0.25, -0.2) is 9.07 Å². The van der Waals surface area contributed by atoms with Crippen LogP contribution in [0.3, 0.4) is 0 Å². The molecule has 2 aromatic carbocycles. The van der Waals surface area contributed by atoms with Crippen LogP contribution >= 0.6 is 0 Å². The van der Waals surface area contributed by atoms with Crippen LogP contribution in [0.15, 0.2) is 48.5 Å². The van der Waals surface area contributed by atoms with Gasteiger partial charge in [-0.05, 0) is 43.7 Å². The number of hydrogen-bond acceptors (Lipinski definition) is 3. The van der Waals surface area contributed by atoms with Gasteiger partial charge in [-0.3, -0.25) is 9.59 Å². The molecule has 1 aromatic heterocycles. The zero-order valence-electron chi connectivity index (χ0n) is 17.1. The molecule has 2 heterocycles. The van der Waals surface area contributed by atoms with Gasteiger partial charge in [0.1, 0.15) is 5.82 Å². The number of nitrogens with one attached hydrogen (secondary N) is 1. The van der Waals surface area contributed by atoms with E-state index in [1.807, 2.05) is 48.9 Å². The summed E-state index contributed by atoms with van der Waals surface area (Å²) in [5.41, 5.74) is 4.73. The van der Waals surface area contributed by atoms with Gasteiger partial charge in [0.05, 0.1) is 17.3 Å². The zero-order chi connectivity index (χ0) is 21.4. The maximum absolute atomic E-state index is 13.6. The molecule has 2 amide bonds. The highest BCUT2D eigenvalue weighted by Gasteiger charge is 2.33. The lowest BCUT2D eigenvalue weighted by Gasteiger charge is -2.28. The number of anilines is 1. The van der Waals surface area contributed by atoms with Gasteiger partial charge in [0.15, 0.2) is 0 Å². The van der Waals surface area contributed by atoms with Gasteiger partial charge in [-0.1, -0.05) is 24.3 Å². The van der Waals surface area contributed by atoms with Crippen molar-refractivity contribution in [3.8, 4) is 5.69 Å². The summed E-state index contributed by atoms with van der Waals surface area (Å²) in [5, 5.41) is 7.29. The van der Waals surface area contributed by atoms with Crippen molar-refractivity contribution in [2.45, 2.75) is 32.7 Å². The minimum Gasteiger partial charge on any atom is -0.341 e. The maximum Gasteiger partial charge on any atom is 0.230 e. The van der Waals surface area contributed by atoms with Crippen molar-refractivity contribution in [1.29, 1.82) is 0 Å². The number of nitrogens with zero attached hydrogens (tertiary/aromatic N) is 3. The molecule has 0 spiro atoms. The van der Waals surface area contributed by atoms with E-state index in [0.717, 1.165) is 22.6 Å². The Kier molecular flexibility index (Phi) is 5.11. The molecule has 3 aromatic rings. The van der Waals surface area contributed by atoms with Gasteiger partial charge >= 0.3 is 0 Å². The number of hydrogen-bond donors (Lipinski definition) is 1. The molecule has 0 unspecified atom stereocenters. The Hall–Kier alpha value is -3.48. The summed E-state index contributed by atoms with van der Waals surface area (Å²) >= 11 is 0. The minimum atomic E-state index is -0.635. The Bertz CT molecular complexity index is 1120. The van der Waals surface area contributed by atoms with Gasteiger partial charge in [0.2, 0.25) is 11.8 Å². The van der Waals surface area contributed by atoms with E-state index in [1.54, 1.807) is 18.0 Å². The fourth-order valence-corrected chi connectivity index (χ4v) is 3.96. The number of carbonyl (C=O) groups is 2. The smallest absolute Gasteiger partial charge is 0.230 e. The molecule has 154 valence electrons. The zero-order valence-corrected chi connectivity index (χ0v) is 17.1. The molecule has 7 heteroatoms. The second kappa shape index (κ2) is 7.74. The molecule has 0 aliphatic carbocycles. The van der Waals surface area contributed by atoms with Crippen molar-refractivity contribution in [3.05, 3.63) is 76.9 Å². The number of likely N-dealkylation sites (N-methyl/N-ethyl adjacent to an activating group) is 1. The van der Waals surface area contributed by atoms with Crippen LogP contribution in [0.25, 0.3) is 5.69 Å². The van der Waals surface area contributed by atoms with E-state index in [-0.39, 0.29) is 18.2 Å². The van der Waals surface area contributed by atoms with Gasteiger partial charge in [-0.15, -0.1) is 0 Å². The number of aryl methyl sites for hydroxylation is 1. The SMILES string of the molecule is Cc1nn(-c2ccccc2)c(C)c1CN(C)C(=O)[C@@H]1CC(=O)Nc2cc(F)ccc21. The number of amides is 2. The lowest BCUT2D eigenvalue weighted by Crippen LogP contribution is -2.36. The van der Waals surface area contributed by atoms with E-state index < -0.39 is 11.7 Å². The third-order valence-electron chi connectivity index (χ3n) is 5.57. The second-order valence-electron chi connectivity index (χ2n) is 7.63. The highest BCUT2D eigenvalue weighted by atomic mass is 19.1. The van der Waals surface area contributed by atoms with Gasteiger partial charge in [-0.2, -0.15) is 5.10 Å². The van der Waals surface area contributed by atoms with Gasteiger partial charge < -0.3 is 10.2 Å². The first-order chi connectivity index (χ1) is 14.3. The largest absolute Gasteiger partial charge is 0.341 e. The molecule has 0 saturated heterocycles. The molecule has 1 aliphatic rings. The van der Waals surface area contributed by atoms with Crippen molar-refractivity contribution < 1.29 is 14.0 Å². The molecule has 4 rings (SSSR count). The molecular formula is C23H23FN4O2. The highest BCUT2D eigenvalue weighted by molar-refractivity contribution is 6.01. The number of benzene rings is 2. The third kappa shape index (κ3) is 3.58. The minimum absolute atomic E-state index is 0.0447. The van der Waals surface area contributed by atoms with Crippen molar-refractivity contribution in [2.24, 2.45) is 0 Å². The number of para-hydroxylation sites is 1. The van der Waals surface area contributed by atoms with Crippen molar-refractivity contribution >= 4 is 17.5 Å². The normalized spacial score (nSPS) is 15.5. The van der Waals surface area contributed by atoms with Crippen LogP contribution in [0.2, 0.25) is 0 Å². The maximum atomic E-state index is 13.6. The lowest BCUT2D eigenvalue weighted by molar-refractivity contribution is -0.134. The monoisotopic (exact) mass is 406 g/mol. The van der Waals surface area contributed by atoms with Crippen LogP contribution < -0.4 is 5.32 Å². The Morgan fingerprint density at radius 3 is 2.70 bits per heavy atom. The summed E-state index contributed by atoms with van der Waals surface area (Å²) in [6, 6.07) is 14.0. The number of halogens is 1. The van der Waals surface area contributed by atoms with Gasteiger partial charge in [0, 0.05) is 37.0 Å². The third-order valence-corrected chi connectivity index (χ3v) is 5.57. The predicted octanol–water partition coefficient (Wildman–Crippen LogP) is 3.71. The van der Waals surface area contributed by atoms with Crippen LogP contribution in [0, 0.1) is 19.7 Å². The van der Waals surface area contributed by atoms with Crippen LogP contribution in [0.5, 0.6) is 0 Å². The van der Waals surface area contributed by atoms with Crippen LogP contribution in [0.4, 0.5) is 10.1 Å². The van der Waals surface area contributed by atoms with E-state index in [2.05, 4.69) is 10.4 Å². The summed E-state index contributed by atoms with van der Waals surface area (Å²) in [6.07, 6.45) is 0.0447. The van der Waals surface area contributed by atoms with Crippen molar-refractivity contribution in [3.63, 3.8) is 0 Å². The fraction of sp³-hybridized carbons (Fsp3) is 0.261. The fourth-order valence-electron chi connectivity index (χ4n) is 3.96. The van der Waals surface area contributed by atoms with Crippen LogP contribution in [0.1, 0.15) is 34.9 Å². The second-order valence-corrected chi connectivity index (χ2v) is 7.63. The van der Waals surface area contributed by atoms with Crippen molar-refractivity contribution in [1.82, 2.24) is 14.7 Å². The average Bonchev–Trinajstić information content (AvgIpc) is 3.01. The lowest BCUT2D eigenvalue weighted by atomic mass is 9.89. The van der Waals surface area contributed by atoms with E-state index in [4.69, 9.17) is 0 Å². The standard InChI is InChI=1S/C23H23FN4O2/c1-14-20(15(2)28(26-14)17-7-5-4-6-8-17)13-27(3)23(30)19-12-22(29)25-21-11-16(24)9-10-18(19)21/h4-11,19H,12-13H2,1-3H3,(H,25,29)/t19-/m1/s1. The van der Waals surface area contributed by atoms with Crippen LogP contribution in [-0.4, -0.2) is 33.5 Å².